The van der Waals surface area contributed by atoms with Gasteiger partial charge in [-0.1, -0.05) is 19.8 Å². The molecule has 0 fully saturated rings. The molecule has 84 valence electrons. The van der Waals surface area contributed by atoms with Gasteiger partial charge in [-0.15, -0.1) is 0 Å². The molecule has 0 aliphatic rings. The Balaban J connectivity index is 3.84. The molecular weight excluding hydrogens is 202 g/mol. The second-order valence-corrected chi connectivity index (χ2v) is 2.89. The monoisotopic (exact) mass is 215 g/mol. The van der Waals surface area contributed by atoms with Crippen LogP contribution >= 0.6 is 0 Å². The summed E-state index contributed by atoms with van der Waals surface area (Å²) in [6, 6.07) is 0. The first kappa shape index (κ1) is 13.2. The Kier molecular flexibility index (Phi) is 5.49. The van der Waals surface area contributed by atoms with Gasteiger partial charge in [0.05, 0.1) is 0 Å². The second-order valence-electron chi connectivity index (χ2n) is 2.89. The first-order valence-electron chi connectivity index (χ1n) is 4.37. The number of hydrogen-bond acceptors (Lipinski definition) is 1. The maximum atomic E-state index is 12.3. The van der Waals surface area contributed by atoms with Crippen LogP contribution in [-0.2, 0) is 4.79 Å². The largest absolute Gasteiger partial charge is 0.383 e. The zero-order chi connectivity index (χ0) is 11.2. The molecule has 1 N–H and O–H groups in total. The molecule has 14 heavy (non-hydrogen) atoms. The summed E-state index contributed by atoms with van der Waals surface area (Å²) in [5, 5.41) is 1.77. The van der Waals surface area contributed by atoms with E-state index in [0.717, 1.165) is 12.8 Å². The molecule has 0 saturated heterocycles. The molecule has 0 rings (SSSR count). The Morgan fingerprint density at radius 2 is 1.93 bits per heavy atom. The van der Waals surface area contributed by atoms with Crippen molar-refractivity contribution in [1.29, 1.82) is 0 Å². The number of unbranched alkanes of at least 4 members (excludes halogenated alkanes) is 2. The van der Waals surface area contributed by atoms with Gasteiger partial charge in [-0.25, -0.2) is 8.78 Å². The highest BCUT2D eigenvalue weighted by molar-refractivity contribution is 5.83. The average Bonchev–Trinajstić information content (AvgIpc) is 2.11. The van der Waals surface area contributed by atoms with Gasteiger partial charge in [-0.05, 0) is 6.42 Å². The zero-order valence-electron chi connectivity index (χ0n) is 7.83. The fourth-order valence-electron chi connectivity index (χ4n) is 0.794. The van der Waals surface area contributed by atoms with E-state index in [0.29, 0.717) is 6.42 Å². The van der Waals surface area contributed by atoms with Crippen molar-refractivity contribution in [3.05, 3.63) is 0 Å². The minimum atomic E-state index is -4.58. The van der Waals surface area contributed by atoms with Crippen molar-refractivity contribution in [3.8, 4) is 0 Å². The minimum Gasteiger partial charge on any atom is -0.351 e. The lowest BCUT2D eigenvalue weighted by Gasteiger charge is -2.14. The van der Waals surface area contributed by atoms with Crippen molar-refractivity contribution in [1.82, 2.24) is 5.32 Å². The van der Waals surface area contributed by atoms with Crippen LogP contribution in [0.25, 0.3) is 0 Å². The third-order valence-electron chi connectivity index (χ3n) is 1.64. The summed E-state index contributed by atoms with van der Waals surface area (Å²) in [4.78, 5) is 10.5. The molecule has 0 spiro atoms. The molecule has 0 aromatic heterocycles. The number of hydrogen-bond donors (Lipinski definition) is 1. The number of carbonyl (C=O) groups excluding carboxylic acids is 1. The highest BCUT2D eigenvalue weighted by Gasteiger charge is 2.48. The molecule has 0 heterocycles. The smallest absolute Gasteiger partial charge is 0.351 e. The van der Waals surface area contributed by atoms with Gasteiger partial charge in [-0.2, -0.15) is 8.78 Å². The standard InChI is InChI=1S/C8H13F4NO/c1-2-3-4-5-13-7(14)8(11,12)6(9)10/h6H,2-5H2,1H3,(H,13,14). The van der Waals surface area contributed by atoms with Gasteiger partial charge in [0, 0.05) is 6.54 Å². The van der Waals surface area contributed by atoms with Crippen molar-refractivity contribution in [2.45, 2.75) is 38.5 Å². The van der Waals surface area contributed by atoms with Crippen LogP contribution in [0.5, 0.6) is 0 Å². The van der Waals surface area contributed by atoms with Crippen molar-refractivity contribution in [2.75, 3.05) is 6.54 Å². The number of carbonyl (C=O) groups is 1. The van der Waals surface area contributed by atoms with Crippen LogP contribution in [0, 0.1) is 0 Å². The molecule has 0 saturated carbocycles. The summed E-state index contributed by atoms with van der Waals surface area (Å²) in [6.07, 6.45) is -1.81. The SMILES string of the molecule is CCCCCNC(=O)C(F)(F)C(F)F. The van der Waals surface area contributed by atoms with E-state index in [1.54, 1.807) is 5.32 Å². The van der Waals surface area contributed by atoms with Crippen LogP contribution in [0.3, 0.4) is 0 Å². The summed E-state index contributed by atoms with van der Waals surface area (Å²) in [5.74, 6) is -6.48. The molecule has 0 atom stereocenters. The molecule has 2 nitrogen and oxygen atoms in total. The lowest BCUT2D eigenvalue weighted by molar-refractivity contribution is -0.169. The van der Waals surface area contributed by atoms with Crippen molar-refractivity contribution in [3.63, 3.8) is 0 Å². The summed E-state index contributed by atoms with van der Waals surface area (Å²) >= 11 is 0. The van der Waals surface area contributed by atoms with Crippen LogP contribution in [0.4, 0.5) is 17.6 Å². The molecular formula is C8H13F4NO. The Morgan fingerprint density at radius 1 is 1.36 bits per heavy atom. The molecule has 1 amide bonds. The first-order valence-corrected chi connectivity index (χ1v) is 4.37. The fourth-order valence-corrected chi connectivity index (χ4v) is 0.794. The molecule has 0 bridgehead atoms. The van der Waals surface area contributed by atoms with Crippen LogP contribution in [0.2, 0.25) is 0 Å². The highest BCUT2D eigenvalue weighted by Crippen LogP contribution is 2.22. The van der Waals surface area contributed by atoms with E-state index in [-0.39, 0.29) is 6.54 Å². The molecule has 0 aliphatic carbocycles. The molecule has 0 aromatic rings. The maximum Gasteiger partial charge on any atom is 0.383 e. The maximum absolute atomic E-state index is 12.3. The van der Waals surface area contributed by atoms with E-state index < -0.39 is 18.3 Å². The summed E-state index contributed by atoms with van der Waals surface area (Å²) in [5.41, 5.74) is 0. The fraction of sp³-hybridized carbons (Fsp3) is 0.875. The number of halogens is 4. The lowest BCUT2D eigenvalue weighted by atomic mass is 10.2. The Bertz CT molecular complexity index is 184. The minimum absolute atomic E-state index is 0.00891. The van der Waals surface area contributed by atoms with E-state index >= 15 is 0 Å². The van der Waals surface area contributed by atoms with Crippen LogP contribution in [0.1, 0.15) is 26.2 Å². The van der Waals surface area contributed by atoms with Gasteiger partial charge in [0.15, 0.2) is 0 Å². The van der Waals surface area contributed by atoms with Gasteiger partial charge in [0.1, 0.15) is 0 Å². The first-order chi connectivity index (χ1) is 6.42. The van der Waals surface area contributed by atoms with E-state index in [2.05, 4.69) is 0 Å². The molecule has 0 aromatic carbocycles. The van der Waals surface area contributed by atoms with Crippen molar-refractivity contribution < 1.29 is 22.4 Å². The molecule has 0 unspecified atom stereocenters. The average molecular weight is 215 g/mol. The van der Waals surface area contributed by atoms with Crippen molar-refractivity contribution >= 4 is 5.91 Å². The van der Waals surface area contributed by atoms with Crippen LogP contribution in [-0.4, -0.2) is 24.8 Å². The number of rotatable bonds is 6. The van der Waals surface area contributed by atoms with E-state index in [1.807, 2.05) is 6.92 Å². The van der Waals surface area contributed by atoms with E-state index in [1.165, 1.54) is 0 Å². The third kappa shape index (κ3) is 3.93. The topological polar surface area (TPSA) is 29.1 Å². The van der Waals surface area contributed by atoms with Gasteiger partial charge >= 0.3 is 12.3 Å². The zero-order valence-corrected chi connectivity index (χ0v) is 7.83. The van der Waals surface area contributed by atoms with E-state index in [4.69, 9.17) is 0 Å². The van der Waals surface area contributed by atoms with Gasteiger partial charge < -0.3 is 5.32 Å². The van der Waals surface area contributed by atoms with Crippen molar-refractivity contribution in [2.24, 2.45) is 0 Å². The second kappa shape index (κ2) is 5.82. The van der Waals surface area contributed by atoms with Gasteiger partial charge in [0.2, 0.25) is 0 Å². The number of amides is 1. The Hall–Kier alpha value is -0.810. The highest BCUT2D eigenvalue weighted by atomic mass is 19.3. The Morgan fingerprint density at radius 3 is 2.36 bits per heavy atom. The molecule has 0 radical (unpaired) electrons. The predicted molar refractivity (Wildman–Crippen MR) is 43.5 cm³/mol. The van der Waals surface area contributed by atoms with Gasteiger partial charge in [0.25, 0.3) is 5.91 Å². The summed E-state index contributed by atoms with van der Waals surface area (Å²) < 4.78 is 47.8. The van der Waals surface area contributed by atoms with Gasteiger partial charge in [-0.3, -0.25) is 4.79 Å². The normalized spacial score (nSPS) is 11.9. The van der Waals surface area contributed by atoms with Crippen LogP contribution < -0.4 is 5.32 Å². The lowest BCUT2D eigenvalue weighted by Crippen LogP contribution is -2.45. The van der Waals surface area contributed by atoms with E-state index in [9.17, 15) is 22.4 Å². The Labute approximate surface area is 79.7 Å². The third-order valence-corrected chi connectivity index (χ3v) is 1.64. The molecule has 6 heteroatoms. The van der Waals surface area contributed by atoms with Crippen LogP contribution in [0.15, 0.2) is 0 Å². The quantitative estimate of drug-likeness (QED) is 0.534. The number of alkyl halides is 4. The summed E-state index contributed by atoms with van der Waals surface area (Å²) in [7, 11) is 0. The molecule has 0 aliphatic heterocycles. The number of nitrogens with one attached hydrogen (secondary N) is 1. The predicted octanol–water partition coefficient (Wildman–Crippen LogP) is 2.19. The summed E-state index contributed by atoms with van der Waals surface area (Å²) in [6.45, 7) is 1.91.